The van der Waals surface area contributed by atoms with Crippen LogP contribution in [0.5, 0.6) is 17.2 Å². The quantitative estimate of drug-likeness (QED) is 0.837. The second-order valence-electron chi connectivity index (χ2n) is 8.18. The fraction of sp³-hybridized carbons (Fsp3) is 0.458. The van der Waals surface area contributed by atoms with E-state index in [1.807, 2.05) is 30.3 Å². The maximum Gasteiger partial charge on any atom is 0.234 e. The van der Waals surface area contributed by atoms with Gasteiger partial charge in [-0.3, -0.25) is 9.69 Å². The van der Waals surface area contributed by atoms with Crippen LogP contribution in [0.15, 0.2) is 42.5 Å². The molecule has 30 heavy (non-hydrogen) atoms. The summed E-state index contributed by atoms with van der Waals surface area (Å²) in [7, 11) is 0. The first-order valence-electron chi connectivity index (χ1n) is 10.9. The number of hydrogen-bond acceptors (Lipinski definition) is 5. The van der Waals surface area contributed by atoms with Crippen LogP contribution >= 0.6 is 0 Å². The predicted molar refractivity (Wildman–Crippen MR) is 113 cm³/mol. The normalized spacial score (nSPS) is 23.2. The summed E-state index contributed by atoms with van der Waals surface area (Å²) in [5.74, 6) is 2.58. The van der Waals surface area contributed by atoms with Crippen LogP contribution in [0.3, 0.4) is 0 Å². The van der Waals surface area contributed by atoms with E-state index in [4.69, 9.17) is 14.2 Å². The average Bonchev–Trinajstić information content (AvgIpc) is 3.09. The number of benzene rings is 2. The van der Waals surface area contributed by atoms with Gasteiger partial charge in [-0.1, -0.05) is 24.3 Å². The summed E-state index contributed by atoms with van der Waals surface area (Å²) in [5, 5.41) is 3.23. The van der Waals surface area contributed by atoms with Crippen molar-refractivity contribution in [2.75, 3.05) is 32.9 Å². The molecule has 0 aromatic heterocycles. The minimum atomic E-state index is 0.0153. The van der Waals surface area contributed by atoms with E-state index in [1.165, 1.54) is 5.56 Å². The van der Waals surface area contributed by atoms with Crippen LogP contribution < -0.4 is 19.5 Å². The van der Waals surface area contributed by atoms with Gasteiger partial charge in [-0.2, -0.15) is 0 Å². The Hall–Kier alpha value is -2.73. The van der Waals surface area contributed by atoms with Gasteiger partial charge in [-0.25, -0.2) is 0 Å². The maximum absolute atomic E-state index is 12.9. The summed E-state index contributed by atoms with van der Waals surface area (Å²) in [6.07, 6.45) is 3.84. The van der Waals surface area contributed by atoms with Crippen LogP contribution in [0, 0.1) is 0 Å². The number of likely N-dealkylation sites (tertiary alicyclic amines) is 1. The SMILES string of the molecule is O=C(CN1CCC[C@H]1c1ccc2c(c1)OCCCO2)N[C@H]1CCOc2ccccc21. The number of hydrogen-bond donors (Lipinski definition) is 1. The summed E-state index contributed by atoms with van der Waals surface area (Å²) in [4.78, 5) is 15.2. The molecule has 0 aliphatic carbocycles. The summed E-state index contributed by atoms with van der Waals surface area (Å²) in [5.41, 5.74) is 2.26. The van der Waals surface area contributed by atoms with E-state index < -0.39 is 0 Å². The monoisotopic (exact) mass is 408 g/mol. The number of carbonyl (C=O) groups is 1. The lowest BCUT2D eigenvalue weighted by molar-refractivity contribution is -0.123. The molecule has 0 spiro atoms. The predicted octanol–water partition coefficient (Wildman–Crippen LogP) is 3.62. The van der Waals surface area contributed by atoms with Gasteiger partial charge < -0.3 is 19.5 Å². The largest absolute Gasteiger partial charge is 0.493 e. The van der Waals surface area contributed by atoms with Crippen LogP contribution in [0.25, 0.3) is 0 Å². The lowest BCUT2D eigenvalue weighted by Gasteiger charge is -2.29. The van der Waals surface area contributed by atoms with Crippen LogP contribution in [0.1, 0.15) is 48.9 Å². The van der Waals surface area contributed by atoms with E-state index in [-0.39, 0.29) is 18.0 Å². The molecule has 2 atom stereocenters. The van der Waals surface area contributed by atoms with Crippen molar-refractivity contribution < 1.29 is 19.0 Å². The topological polar surface area (TPSA) is 60.0 Å². The summed E-state index contributed by atoms with van der Waals surface area (Å²) < 4.78 is 17.3. The van der Waals surface area contributed by atoms with Gasteiger partial charge in [0.05, 0.1) is 32.4 Å². The van der Waals surface area contributed by atoms with Gasteiger partial charge in [0.15, 0.2) is 11.5 Å². The summed E-state index contributed by atoms with van der Waals surface area (Å²) in [6, 6.07) is 14.4. The number of ether oxygens (including phenoxy) is 3. The highest BCUT2D eigenvalue weighted by Gasteiger charge is 2.30. The second-order valence-corrected chi connectivity index (χ2v) is 8.18. The Bertz CT molecular complexity index is 916. The van der Waals surface area contributed by atoms with Crippen molar-refractivity contribution in [1.82, 2.24) is 10.2 Å². The molecule has 158 valence electrons. The minimum absolute atomic E-state index is 0.0153. The van der Waals surface area contributed by atoms with Crippen LogP contribution in [-0.2, 0) is 4.79 Å². The molecule has 1 fully saturated rings. The maximum atomic E-state index is 12.9. The van der Waals surface area contributed by atoms with E-state index in [0.29, 0.717) is 26.4 Å². The third-order valence-corrected chi connectivity index (χ3v) is 6.16. The number of nitrogens with zero attached hydrogens (tertiary/aromatic N) is 1. The molecule has 5 rings (SSSR count). The number of carbonyl (C=O) groups excluding carboxylic acids is 1. The molecule has 3 heterocycles. The van der Waals surface area contributed by atoms with Crippen LogP contribution in [-0.4, -0.2) is 43.7 Å². The number of para-hydroxylation sites is 1. The van der Waals surface area contributed by atoms with Crippen molar-refractivity contribution in [3.05, 3.63) is 53.6 Å². The van der Waals surface area contributed by atoms with Gasteiger partial charge in [0.2, 0.25) is 5.91 Å². The lowest BCUT2D eigenvalue weighted by Crippen LogP contribution is -2.40. The first-order chi connectivity index (χ1) is 14.8. The molecule has 3 aliphatic heterocycles. The summed E-state index contributed by atoms with van der Waals surface area (Å²) >= 11 is 0. The van der Waals surface area contributed by atoms with Gasteiger partial charge in [0, 0.05) is 24.4 Å². The van der Waals surface area contributed by atoms with E-state index in [0.717, 1.165) is 55.0 Å². The molecular weight excluding hydrogens is 380 g/mol. The van der Waals surface area contributed by atoms with Crippen molar-refractivity contribution in [2.24, 2.45) is 0 Å². The number of rotatable bonds is 4. The zero-order valence-corrected chi connectivity index (χ0v) is 17.1. The van der Waals surface area contributed by atoms with Gasteiger partial charge in [0.1, 0.15) is 5.75 Å². The molecule has 2 aromatic carbocycles. The zero-order valence-electron chi connectivity index (χ0n) is 17.1. The van der Waals surface area contributed by atoms with Crippen molar-refractivity contribution in [3.63, 3.8) is 0 Å². The molecule has 0 bridgehead atoms. The smallest absolute Gasteiger partial charge is 0.234 e. The Morgan fingerprint density at radius 2 is 1.77 bits per heavy atom. The minimum Gasteiger partial charge on any atom is -0.493 e. The van der Waals surface area contributed by atoms with Crippen molar-refractivity contribution in [3.8, 4) is 17.2 Å². The van der Waals surface area contributed by atoms with Gasteiger partial charge in [-0.15, -0.1) is 0 Å². The highest BCUT2D eigenvalue weighted by atomic mass is 16.5. The van der Waals surface area contributed by atoms with Crippen molar-refractivity contribution in [1.29, 1.82) is 0 Å². The standard InChI is InChI=1S/C24H28N2O4/c27-24(25-19-10-14-30-21-7-2-1-5-18(19)21)16-26-11-3-6-20(26)17-8-9-22-23(15-17)29-13-4-12-28-22/h1-2,5,7-9,15,19-20H,3-4,6,10-14,16H2,(H,25,27)/t19-,20-/m0/s1. The third kappa shape index (κ3) is 3.97. The molecule has 0 saturated carbocycles. The zero-order chi connectivity index (χ0) is 20.3. The molecule has 1 N–H and O–H groups in total. The molecule has 6 heteroatoms. The fourth-order valence-corrected chi connectivity index (χ4v) is 4.70. The molecule has 1 saturated heterocycles. The van der Waals surface area contributed by atoms with Gasteiger partial charge in [0.25, 0.3) is 0 Å². The molecule has 2 aromatic rings. The Morgan fingerprint density at radius 3 is 2.70 bits per heavy atom. The molecule has 0 radical (unpaired) electrons. The van der Waals surface area contributed by atoms with E-state index in [2.05, 4.69) is 22.3 Å². The Labute approximate surface area is 177 Å². The highest BCUT2D eigenvalue weighted by Crippen LogP contribution is 2.38. The molecule has 1 amide bonds. The number of amides is 1. The number of fused-ring (bicyclic) bond motifs is 2. The van der Waals surface area contributed by atoms with E-state index in [1.54, 1.807) is 0 Å². The van der Waals surface area contributed by atoms with Crippen molar-refractivity contribution in [2.45, 2.75) is 37.8 Å². The molecular formula is C24H28N2O4. The first kappa shape index (κ1) is 19.2. The Kier molecular flexibility index (Phi) is 5.49. The van der Waals surface area contributed by atoms with Crippen molar-refractivity contribution >= 4 is 5.91 Å². The average molecular weight is 408 g/mol. The fourth-order valence-electron chi connectivity index (χ4n) is 4.70. The second kappa shape index (κ2) is 8.56. The lowest BCUT2D eigenvalue weighted by atomic mass is 10.0. The van der Waals surface area contributed by atoms with Gasteiger partial charge >= 0.3 is 0 Å². The molecule has 0 unspecified atom stereocenters. The Balaban J connectivity index is 1.26. The third-order valence-electron chi connectivity index (χ3n) is 6.16. The van der Waals surface area contributed by atoms with E-state index >= 15 is 0 Å². The van der Waals surface area contributed by atoms with Crippen LogP contribution in [0.2, 0.25) is 0 Å². The first-order valence-corrected chi connectivity index (χ1v) is 10.9. The van der Waals surface area contributed by atoms with Gasteiger partial charge in [-0.05, 0) is 43.1 Å². The van der Waals surface area contributed by atoms with E-state index in [9.17, 15) is 4.79 Å². The van der Waals surface area contributed by atoms with Crippen LogP contribution in [0.4, 0.5) is 0 Å². The molecule has 3 aliphatic rings. The number of nitrogens with one attached hydrogen (secondary N) is 1. The summed E-state index contributed by atoms with van der Waals surface area (Å²) in [6.45, 7) is 3.33. The molecule has 6 nitrogen and oxygen atoms in total. The highest BCUT2D eigenvalue weighted by molar-refractivity contribution is 5.78. The Morgan fingerprint density at radius 1 is 0.933 bits per heavy atom.